The summed E-state index contributed by atoms with van der Waals surface area (Å²) in [6.07, 6.45) is 7.46. The number of nitrogens with one attached hydrogen (secondary N) is 1. The first-order valence-corrected chi connectivity index (χ1v) is 7.41. The third kappa shape index (κ3) is 3.00. The number of amides is 1. The highest BCUT2D eigenvalue weighted by Gasteiger charge is 2.44. The van der Waals surface area contributed by atoms with E-state index < -0.39 is 6.10 Å². The van der Waals surface area contributed by atoms with Crippen molar-refractivity contribution in [2.75, 3.05) is 6.54 Å². The minimum absolute atomic E-state index is 0.0826. The summed E-state index contributed by atoms with van der Waals surface area (Å²) in [6.45, 7) is 7.86. The molecule has 0 aromatic carbocycles. The van der Waals surface area contributed by atoms with Crippen LogP contribution in [0.15, 0.2) is 36.5 Å². The lowest BCUT2D eigenvalue weighted by Gasteiger charge is -2.44. The molecule has 114 valence electrons. The number of aliphatic hydroxyl groups excluding tert-OH is 1. The highest BCUT2D eigenvalue weighted by atomic mass is 16.3. The predicted molar refractivity (Wildman–Crippen MR) is 81.4 cm³/mol. The molecule has 0 saturated heterocycles. The first-order chi connectivity index (χ1) is 9.89. The monoisotopic (exact) mass is 289 g/mol. The largest absolute Gasteiger partial charge is 0.388 e. The van der Waals surface area contributed by atoms with Gasteiger partial charge in [-0.1, -0.05) is 26.0 Å². The Morgan fingerprint density at radius 1 is 1.67 bits per heavy atom. The van der Waals surface area contributed by atoms with Crippen molar-refractivity contribution < 1.29 is 14.7 Å². The molecule has 1 saturated carbocycles. The van der Waals surface area contributed by atoms with E-state index in [4.69, 9.17) is 0 Å². The van der Waals surface area contributed by atoms with E-state index >= 15 is 0 Å². The van der Waals surface area contributed by atoms with E-state index in [9.17, 15) is 14.7 Å². The SMILES string of the molecule is C=CCNC(=O)C(C)C1CCC2(C)C=CC(=O)C=C2C1O. The molecule has 4 heteroatoms. The van der Waals surface area contributed by atoms with Crippen molar-refractivity contribution >= 4 is 11.7 Å². The second-order valence-electron chi connectivity index (χ2n) is 6.22. The maximum atomic E-state index is 12.1. The molecule has 0 spiro atoms. The number of allylic oxidation sites excluding steroid dienone is 3. The third-order valence-corrected chi connectivity index (χ3v) is 4.77. The lowest BCUT2D eigenvalue weighted by atomic mass is 9.62. The van der Waals surface area contributed by atoms with Gasteiger partial charge < -0.3 is 10.4 Å². The molecule has 0 aromatic heterocycles. The van der Waals surface area contributed by atoms with Gasteiger partial charge >= 0.3 is 0 Å². The quantitative estimate of drug-likeness (QED) is 0.775. The Morgan fingerprint density at radius 2 is 2.38 bits per heavy atom. The fourth-order valence-electron chi connectivity index (χ4n) is 3.29. The van der Waals surface area contributed by atoms with Crippen LogP contribution in [0.25, 0.3) is 0 Å². The van der Waals surface area contributed by atoms with E-state index in [0.29, 0.717) is 6.54 Å². The molecule has 0 radical (unpaired) electrons. The van der Waals surface area contributed by atoms with Gasteiger partial charge in [0.2, 0.25) is 5.91 Å². The summed E-state index contributed by atoms with van der Waals surface area (Å²) in [6, 6.07) is 0. The maximum absolute atomic E-state index is 12.1. The van der Waals surface area contributed by atoms with Gasteiger partial charge in [-0.05, 0) is 30.6 Å². The molecule has 2 aliphatic rings. The molecule has 0 bridgehead atoms. The summed E-state index contributed by atoms with van der Waals surface area (Å²) in [5.74, 6) is -0.633. The van der Waals surface area contributed by atoms with Gasteiger partial charge in [0.25, 0.3) is 0 Å². The van der Waals surface area contributed by atoms with Gasteiger partial charge in [0.15, 0.2) is 5.78 Å². The Hall–Kier alpha value is -1.68. The molecule has 2 aliphatic carbocycles. The third-order valence-electron chi connectivity index (χ3n) is 4.77. The normalized spacial score (nSPS) is 32.9. The van der Waals surface area contributed by atoms with Crippen LogP contribution >= 0.6 is 0 Å². The summed E-state index contributed by atoms with van der Waals surface area (Å²) in [5, 5.41) is 13.4. The highest BCUT2D eigenvalue weighted by molar-refractivity contribution is 6.01. The van der Waals surface area contributed by atoms with Crippen LogP contribution < -0.4 is 5.32 Å². The molecular formula is C17H23NO3. The van der Waals surface area contributed by atoms with Crippen LogP contribution in [-0.2, 0) is 9.59 Å². The Morgan fingerprint density at radius 3 is 3.05 bits per heavy atom. The van der Waals surface area contributed by atoms with E-state index in [1.165, 1.54) is 6.08 Å². The first-order valence-electron chi connectivity index (χ1n) is 7.41. The van der Waals surface area contributed by atoms with Crippen molar-refractivity contribution in [3.05, 3.63) is 36.5 Å². The van der Waals surface area contributed by atoms with Crippen molar-refractivity contribution in [1.82, 2.24) is 5.32 Å². The minimum Gasteiger partial charge on any atom is -0.388 e. The molecule has 0 aromatic rings. The predicted octanol–water partition coefficient (Wildman–Crippen LogP) is 1.77. The summed E-state index contributed by atoms with van der Waals surface area (Å²) in [7, 11) is 0. The van der Waals surface area contributed by atoms with E-state index in [-0.39, 0.29) is 28.9 Å². The number of hydrogen-bond donors (Lipinski definition) is 2. The molecule has 2 N–H and O–H groups in total. The van der Waals surface area contributed by atoms with E-state index in [1.54, 1.807) is 12.2 Å². The van der Waals surface area contributed by atoms with Gasteiger partial charge in [-0.25, -0.2) is 0 Å². The number of hydrogen-bond acceptors (Lipinski definition) is 3. The number of fused-ring (bicyclic) bond motifs is 1. The van der Waals surface area contributed by atoms with E-state index in [1.807, 2.05) is 19.9 Å². The Balaban J connectivity index is 2.16. The molecule has 1 amide bonds. The molecule has 4 atom stereocenters. The number of carbonyl (C=O) groups is 2. The molecule has 21 heavy (non-hydrogen) atoms. The number of rotatable bonds is 4. The first kappa shape index (κ1) is 15.7. The van der Waals surface area contributed by atoms with Gasteiger partial charge in [-0.3, -0.25) is 9.59 Å². The zero-order chi connectivity index (χ0) is 15.6. The summed E-state index contributed by atoms with van der Waals surface area (Å²) in [4.78, 5) is 23.7. The van der Waals surface area contributed by atoms with Crippen molar-refractivity contribution in [2.24, 2.45) is 17.3 Å². The van der Waals surface area contributed by atoms with E-state index in [2.05, 4.69) is 11.9 Å². The smallest absolute Gasteiger partial charge is 0.223 e. The number of aliphatic hydroxyl groups is 1. The topological polar surface area (TPSA) is 66.4 Å². The standard InChI is InChI=1S/C17H23NO3/c1-4-9-18-16(21)11(2)13-6-8-17(3)7-5-12(19)10-14(17)15(13)20/h4-5,7,10-11,13,15,20H,1,6,8-9H2,2-3H3,(H,18,21). The van der Waals surface area contributed by atoms with Crippen molar-refractivity contribution in [1.29, 1.82) is 0 Å². The van der Waals surface area contributed by atoms with Crippen LogP contribution in [0, 0.1) is 17.3 Å². The Labute approximate surface area is 125 Å². The fraction of sp³-hybridized carbons (Fsp3) is 0.529. The molecule has 1 fully saturated rings. The molecule has 2 rings (SSSR count). The van der Waals surface area contributed by atoms with Gasteiger partial charge in [-0.2, -0.15) is 0 Å². The highest BCUT2D eigenvalue weighted by Crippen LogP contribution is 2.47. The van der Waals surface area contributed by atoms with Crippen LogP contribution in [0.3, 0.4) is 0 Å². The average molecular weight is 289 g/mol. The zero-order valence-electron chi connectivity index (χ0n) is 12.6. The Kier molecular flexibility index (Phi) is 4.47. The Bertz CT molecular complexity index is 520. The summed E-state index contributed by atoms with van der Waals surface area (Å²) < 4.78 is 0. The molecular weight excluding hydrogens is 266 g/mol. The average Bonchev–Trinajstić information content (AvgIpc) is 2.46. The number of carbonyl (C=O) groups excluding carboxylic acids is 2. The van der Waals surface area contributed by atoms with Crippen LogP contribution in [-0.4, -0.2) is 29.4 Å². The lowest BCUT2D eigenvalue weighted by molar-refractivity contribution is -0.127. The van der Waals surface area contributed by atoms with E-state index in [0.717, 1.165) is 18.4 Å². The molecule has 4 nitrogen and oxygen atoms in total. The molecule has 0 aliphatic heterocycles. The van der Waals surface area contributed by atoms with Gasteiger partial charge in [-0.15, -0.1) is 6.58 Å². The van der Waals surface area contributed by atoms with Gasteiger partial charge in [0.05, 0.1) is 6.10 Å². The maximum Gasteiger partial charge on any atom is 0.223 e. The fourth-order valence-corrected chi connectivity index (χ4v) is 3.29. The second-order valence-corrected chi connectivity index (χ2v) is 6.22. The number of ketones is 1. The van der Waals surface area contributed by atoms with Crippen LogP contribution in [0.4, 0.5) is 0 Å². The zero-order valence-corrected chi connectivity index (χ0v) is 12.6. The van der Waals surface area contributed by atoms with Gasteiger partial charge in [0, 0.05) is 23.8 Å². The summed E-state index contributed by atoms with van der Waals surface area (Å²) in [5.41, 5.74) is 0.482. The molecule has 0 heterocycles. The van der Waals surface area contributed by atoms with Crippen molar-refractivity contribution in [2.45, 2.75) is 32.8 Å². The van der Waals surface area contributed by atoms with Crippen LogP contribution in [0.2, 0.25) is 0 Å². The van der Waals surface area contributed by atoms with Crippen LogP contribution in [0.5, 0.6) is 0 Å². The second kappa shape index (κ2) is 5.98. The molecule has 4 unspecified atom stereocenters. The lowest BCUT2D eigenvalue weighted by Crippen LogP contribution is -2.45. The summed E-state index contributed by atoms with van der Waals surface area (Å²) >= 11 is 0. The van der Waals surface area contributed by atoms with Crippen molar-refractivity contribution in [3.8, 4) is 0 Å². The van der Waals surface area contributed by atoms with Gasteiger partial charge in [0.1, 0.15) is 0 Å². The van der Waals surface area contributed by atoms with Crippen molar-refractivity contribution in [3.63, 3.8) is 0 Å². The van der Waals surface area contributed by atoms with Crippen LogP contribution in [0.1, 0.15) is 26.7 Å². The minimum atomic E-state index is -0.748.